The summed E-state index contributed by atoms with van der Waals surface area (Å²) in [5.74, 6) is -0.389. The number of rotatable bonds is 10. The second-order valence-corrected chi connectivity index (χ2v) is 15.9. The maximum Gasteiger partial charge on any atom is 0.303 e. The van der Waals surface area contributed by atoms with Crippen LogP contribution in [0, 0.1) is 58.2 Å². The predicted octanol–water partition coefficient (Wildman–Crippen LogP) is 6.48. The minimum absolute atomic E-state index is 0.0385. The van der Waals surface area contributed by atoms with Crippen molar-refractivity contribution in [1.82, 2.24) is 0 Å². The number of Topliss-reactive ketones (excluding diaryl/α,β-unsaturated/α-hetero) is 1. The lowest BCUT2D eigenvalue weighted by Gasteiger charge is -2.61. The Morgan fingerprint density at radius 1 is 0.783 bits per heavy atom. The minimum atomic E-state index is -0.619. The molecule has 0 unspecified atom stereocenters. The fraction of sp³-hybridized carbons (Fsp3) is 0.865. The van der Waals surface area contributed by atoms with Gasteiger partial charge in [0, 0.05) is 51.9 Å². The molecule has 46 heavy (non-hydrogen) atoms. The summed E-state index contributed by atoms with van der Waals surface area (Å²) in [6.45, 7) is 18.6. The van der Waals surface area contributed by atoms with Crippen LogP contribution in [0.25, 0.3) is 0 Å². The van der Waals surface area contributed by atoms with E-state index in [0.29, 0.717) is 25.2 Å². The van der Waals surface area contributed by atoms with Crippen LogP contribution in [-0.2, 0) is 42.9 Å². The Hall–Kier alpha value is -2.45. The monoisotopic (exact) mass is 646 g/mol. The van der Waals surface area contributed by atoms with Crippen molar-refractivity contribution in [3.05, 3.63) is 0 Å². The summed E-state index contributed by atoms with van der Waals surface area (Å²) < 4.78 is 23.4. The van der Waals surface area contributed by atoms with Gasteiger partial charge in [-0.05, 0) is 85.4 Å². The Kier molecular flexibility index (Phi) is 11.0. The quantitative estimate of drug-likeness (QED) is 0.194. The lowest BCUT2D eigenvalue weighted by molar-refractivity contribution is -0.197. The van der Waals surface area contributed by atoms with Crippen molar-refractivity contribution in [2.45, 2.75) is 145 Å². The van der Waals surface area contributed by atoms with E-state index in [1.165, 1.54) is 27.7 Å². The molecule has 4 fully saturated rings. The fourth-order valence-electron chi connectivity index (χ4n) is 11.2. The molecule has 0 amide bonds. The minimum Gasteiger partial charge on any atom is -0.459 e. The molecule has 0 aromatic rings. The molecule has 0 radical (unpaired) electrons. The number of hydrogen-bond donors (Lipinski definition) is 0. The summed E-state index contributed by atoms with van der Waals surface area (Å²) in [6.07, 6.45) is 3.74. The van der Waals surface area contributed by atoms with Crippen LogP contribution in [0.4, 0.5) is 0 Å². The van der Waals surface area contributed by atoms with E-state index < -0.39 is 36.4 Å². The molecular weight excluding hydrogens is 588 g/mol. The number of fused-ring (bicyclic) bond motifs is 5. The van der Waals surface area contributed by atoms with Crippen molar-refractivity contribution in [1.29, 1.82) is 0 Å². The first-order chi connectivity index (χ1) is 21.4. The third kappa shape index (κ3) is 6.89. The van der Waals surface area contributed by atoms with Gasteiger partial charge in [0.2, 0.25) is 0 Å². The molecule has 0 saturated heterocycles. The summed E-state index contributed by atoms with van der Waals surface area (Å²) in [4.78, 5) is 62.9. The van der Waals surface area contributed by atoms with Crippen molar-refractivity contribution in [3.63, 3.8) is 0 Å². The SMILES string of the molecule is CC[C@H](C(C)C)[C@@H](OC(C)=O)[C@H](OC(C)=O)[C@@H](C)[C@H]1CC[C@H]2[C@@H]3CC(=O)[C@H]4C[C@H](OC(C)=O)[C@H](OC(C)=O)C[C@]4(C)[C@H]3CC[C@]12C. The second kappa shape index (κ2) is 14.0. The zero-order valence-electron chi connectivity index (χ0n) is 29.8. The van der Waals surface area contributed by atoms with Gasteiger partial charge in [-0.15, -0.1) is 0 Å². The number of ketones is 1. The normalized spacial score (nSPS) is 37.9. The number of carbonyl (C=O) groups is 5. The zero-order chi connectivity index (χ0) is 34.3. The van der Waals surface area contributed by atoms with E-state index in [9.17, 15) is 24.0 Å². The standard InChI is InChI=1S/C37H58O9/c1-11-25(19(2)3)35(46-24(8)41)34(45-23(7)40)20(4)27-12-13-28-26-16-31(42)30-17-32(43-21(5)38)33(44-22(6)39)18-37(30,10)29(26)14-15-36(27,28)9/h19-20,25-30,32-35H,11-18H2,1-10H3/t20-,25+,26-,27+,28-,29-,30+,32-,33+,34+,35+,36+,37+/m0/s1. The molecule has 13 atom stereocenters. The smallest absolute Gasteiger partial charge is 0.303 e. The van der Waals surface area contributed by atoms with Gasteiger partial charge in [0.15, 0.2) is 0 Å². The van der Waals surface area contributed by atoms with Gasteiger partial charge in [0.25, 0.3) is 0 Å². The number of hydrogen-bond acceptors (Lipinski definition) is 9. The average molecular weight is 647 g/mol. The largest absolute Gasteiger partial charge is 0.459 e. The lowest BCUT2D eigenvalue weighted by Crippen LogP contribution is -2.60. The van der Waals surface area contributed by atoms with Crippen LogP contribution < -0.4 is 0 Å². The first kappa shape index (κ1) is 36.4. The first-order valence-electron chi connectivity index (χ1n) is 17.7. The van der Waals surface area contributed by atoms with Gasteiger partial charge >= 0.3 is 23.9 Å². The zero-order valence-corrected chi connectivity index (χ0v) is 29.8. The van der Waals surface area contributed by atoms with Crippen LogP contribution in [0.1, 0.15) is 121 Å². The van der Waals surface area contributed by atoms with Gasteiger partial charge in [-0.2, -0.15) is 0 Å². The van der Waals surface area contributed by atoms with Crippen LogP contribution in [0.15, 0.2) is 0 Å². The van der Waals surface area contributed by atoms with E-state index in [2.05, 4.69) is 41.5 Å². The molecule has 4 saturated carbocycles. The van der Waals surface area contributed by atoms with Gasteiger partial charge in [-0.25, -0.2) is 0 Å². The molecule has 4 aliphatic rings. The summed E-state index contributed by atoms with van der Waals surface area (Å²) in [5, 5.41) is 0. The van der Waals surface area contributed by atoms with E-state index >= 15 is 0 Å². The molecule has 4 rings (SSSR count). The highest BCUT2D eigenvalue weighted by Gasteiger charge is 2.65. The van der Waals surface area contributed by atoms with Crippen molar-refractivity contribution in [2.75, 3.05) is 0 Å². The van der Waals surface area contributed by atoms with Crippen molar-refractivity contribution < 1.29 is 42.9 Å². The Morgan fingerprint density at radius 3 is 1.89 bits per heavy atom. The number of esters is 4. The van der Waals surface area contributed by atoms with E-state index in [-0.39, 0.29) is 70.0 Å². The highest BCUT2D eigenvalue weighted by Crippen LogP contribution is 2.68. The molecule has 0 N–H and O–H groups in total. The van der Waals surface area contributed by atoms with Crippen LogP contribution in [-0.4, -0.2) is 54.1 Å². The Labute approximate surface area is 275 Å². The number of ether oxygens (including phenoxy) is 4. The highest BCUT2D eigenvalue weighted by atomic mass is 16.6. The Morgan fingerprint density at radius 2 is 1.35 bits per heavy atom. The summed E-state index contributed by atoms with van der Waals surface area (Å²) in [5.41, 5.74) is -0.443. The summed E-state index contributed by atoms with van der Waals surface area (Å²) in [6, 6.07) is 0. The van der Waals surface area contributed by atoms with E-state index in [0.717, 1.165) is 32.1 Å². The summed E-state index contributed by atoms with van der Waals surface area (Å²) >= 11 is 0. The van der Waals surface area contributed by atoms with E-state index in [1.807, 2.05) is 0 Å². The third-order valence-electron chi connectivity index (χ3n) is 13.0. The van der Waals surface area contributed by atoms with Gasteiger partial charge < -0.3 is 18.9 Å². The molecule has 0 bridgehead atoms. The molecule has 0 aliphatic heterocycles. The molecule has 0 aromatic carbocycles. The van der Waals surface area contributed by atoms with Gasteiger partial charge in [-0.3, -0.25) is 24.0 Å². The molecule has 0 spiro atoms. The van der Waals surface area contributed by atoms with Crippen LogP contribution >= 0.6 is 0 Å². The van der Waals surface area contributed by atoms with Crippen molar-refractivity contribution >= 4 is 29.7 Å². The topological polar surface area (TPSA) is 122 Å². The summed E-state index contributed by atoms with van der Waals surface area (Å²) in [7, 11) is 0. The Balaban J connectivity index is 1.64. The van der Waals surface area contributed by atoms with Gasteiger partial charge in [0.1, 0.15) is 30.2 Å². The molecule has 0 aromatic heterocycles. The maximum atomic E-state index is 14.0. The number of carbonyl (C=O) groups excluding carboxylic acids is 5. The van der Waals surface area contributed by atoms with E-state index in [1.54, 1.807) is 0 Å². The van der Waals surface area contributed by atoms with Crippen LogP contribution in [0.2, 0.25) is 0 Å². The Bertz CT molecular complexity index is 1180. The van der Waals surface area contributed by atoms with Gasteiger partial charge in [0.05, 0.1) is 0 Å². The van der Waals surface area contributed by atoms with Crippen molar-refractivity contribution in [2.24, 2.45) is 58.2 Å². The third-order valence-corrected chi connectivity index (χ3v) is 13.0. The maximum absolute atomic E-state index is 14.0. The molecular formula is C37H58O9. The van der Waals surface area contributed by atoms with Gasteiger partial charge in [-0.1, -0.05) is 41.5 Å². The first-order valence-corrected chi connectivity index (χ1v) is 17.7. The van der Waals surface area contributed by atoms with Crippen molar-refractivity contribution in [3.8, 4) is 0 Å². The predicted molar refractivity (Wildman–Crippen MR) is 171 cm³/mol. The van der Waals surface area contributed by atoms with Crippen LogP contribution in [0.3, 0.4) is 0 Å². The average Bonchev–Trinajstić information content (AvgIpc) is 3.28. The molecule has 4 aliphatic carbocycles. The molecule has 9 nitrogen and oxygen atoms in total. The highest BCUT2D eigenvalue weighted by molar-refractivity contribution is 5.83. The van der Waals surface area contributed by atoms with E-state index in [4.69, 9.17) is 18.9 Å². The lowest BCUT2D eigenvalue weighted by atomic mass is 9.43. The molecule has 0 heterocycles. The molecule has 9 heteroatoms. The molecule has 260 valence electrons. The van der Waals surface area contributed by atoms with Crippen LogP contribution in [0.5, 0.6) is 0 Å². The fourth-order valence-corrected chi connectivity index (χ4v) is 11.2. The second-order valence-electron chi connectivity index (χ2n) is 15.9.